The summed E-state index contributed by atoms with van der Waals surface area (Å²) in [6.07, 6.45) is -2.77. The van der Waals surface area contributed by atoms with E-state index in [0.717, 1.165) is 12.8 Å². The number of halogens is 3. The first kappa shape index (κ1) is 14.4. The number of rotatable bonds is 7. The van der Waals surface area contributed by atoms with Gasteiger partial charge >= 0.3 is 6.18 Å². The van der Waals surface area contributed by atoms with Gasteiger partial charge in [-0.25, -0.2) is 0 Å². The van der Waals surface area contributed by atoms with E-state index in [1.54, 1.807) is 0 Å². The fourth-order valence-electron chi connectivity index (χ4n) is 1.31. The van der Waals surface area contributed by atoms with Crippen molar-refractivity contribution in [2.24, 2.45) is 5.92 Å². The molecule has 0 radical (unpaired) electrons. The molecule has 0 saturated carbocycles. The van der Waals surface area contributed by atoms with E-state index in [2.05, 4.69) is 4.74 Å². The summed E-state index contributed by atoms with van der Waals surface area (Å²) in [7, 11) is 0. The Bertz CT molecular complexity index is 186. The van der Waals surface area contributed by atoms with Crippen LogP contribution in [0.25, 0.3) is 0 Å². The van der Waals surface area contributed by atoms with Crippen molar-refractivity contribution in [3.8, 4) is 0 Å². The van der Waals surface area contributed by atoms with Gasteiger partial charge in [-0.1, -0.05) is 13.8 Å². The van der Waals surface area contributed by atoms with Crippen molar-refractivity contribution in [2.75, 3.05) is 13.2 Å². The lowest BCUT2D eigenvalue weighted by atomic mass is 9.96. The Hall–Kier alpha value is -0.580. The molecular formula is C10H17F3O2. The van der Waals surface area contributed by atoms with Crippen molar-refractivity contribution >= 4 is 5.78 Å². The van der Waals surface area contributed by atoms with Crippen molar-refractivity contribution in [1.29, 1.82) is 0 Å². The first-order valence-corrected chi connectivity index (χ1v) is 5.07. The summed E-state index contributed by atoms with van der Waals surface area (Å²) >= 11 is 0. The van der Waals surface area contributed by atoms with Crippen LogP contribution < -0.4 is 0 Å². The Kier molecular flexibility index (Phi) is 6.56. The van der Waals surface area contributed by atoms with Crippen molar-refractivity contribution in [3.63, 3.8) is 0 Å². The van der Waals surface area contributed by atoms with Crippen LogP contribution in [0, 0.1) is 5.92 Å². The molecule has 0 aromatic rings. The van der Waals surface area contributed by atoms with Crippen LogP contribution in [-0.4, -0.2) is 25.2 Å². The lowest BCUT2D eigenvalue weighted by molar-refractivity contribution is -0.174. The van der Waals surface area contributed by atoms with Gasteiger partial charge in [0.1, 0.15) is 12.4 Å². The van der Waals surface area contributed by atoms with Crippen LogP contribution >= 0.6 is 0 Å². The maximum absolute atomic E-state index is 11.7. The number of carbonyl (C=O) groups is 1. The van der Waals surface area contributed by atoms with E-state index >= 15 is 0 Å². The summed E-state index contributed by atoms with van der Waals surface area (Å²) in [4.78, 5) is 11.4. The van der Waals surface area contributed by atoms with Gasteiger partial charge in [0.2, 0.25) is 0 Å². The van der Waals surface area contributed by atoms with Gasteiger partial charge in [-0.2, -0.15) is 13.2 Å². The summed E-state index contributed by atoms with van der Waals surface area (Å²) in [6.45, 7) is 2.36. The molecule has 15 heavy (non-hydrogen) atoms. The third kappa shape index (κ3) is 7.36. The Morgan fingerprint density at radius 3 is 2.20 bits per heavy atom. The van der Waals surface area contributed by atoms with Gasteiger partial charge in [-0.05, 0) is 12.8 Å². The highest BCUT2D eigenvalue weighted by Crippen LogP contribution is 2.15. The first-order chi connectivity index (χ1) is 6.90. The summed E-state index contributed by atoms with van der Waals surface area (Å²) in [6, 6.07) is 0. The van der Waals surface area contributed by atoms with E-state index in [4.69, 9.17) is 0 Å². The molecule has 0 aromatic heterocycles. The van der Waals surface area contributed by atoms with Gasteiger partial charge in [0.25, 0.3) is 0 Å². The molecule has 0 atom stereocenters. The minimum atomic E-state index is -4.31. The van der Waals surface area contributed by atoms with Gasteiger partial charge in [0.15, 0.2) is 0 Å². The normalized spacial score (nSPS) is 12.1. The minimum Gasteiger partial charge on any atom is -0.372 e. The molecular weight excluding hydrogens is 209 g/mol. The maximum atomic E-state index is 11.7. The molecule has 0 aliphatic rings. The van der Waals surface area contributed by atoms with E-state index in [0.29, 0.717) is 0 Å². The number of Topliss-reactive ketones (excluding diaryl/α,β-unsaturated/α-hetero) is 1. The highest BCUT2D eigenvalue weighted by Gasteiger charge is 2.27. The molecule has 0 unspecified atom stereocenters. The van der Waals surface area contributed by atoms with Crippen molar-refractivity contribution in [3.05, 3.63) is 0 Å². The number of hydrogen-bond acceptors (Lipinski definition) is 2. The molecule has 0 amide bonds. The number of alkyl halides is 3. The van der Waals surface area contributed by atoms with E-state index < -0.39 is 12.8 Å². The maximum Gasteiger partial charge on any atom is 0.411 e. The minimum absolute atomic E-state index is 0.0119. The number of ketones is 1. The molecule has 0 heterocycles. The predicted molar refractivity (Wildman–Crippen MR) is 50.6 cm³/mol. The highest BCUT2D eigenvalue weighted by atomic mass is 19.4. The second kappa shape index (κ2) is 6.82. The highest BCUT2D eigenvalue weighted by molar-refractivity contribution is 5.80. The van der Waals surface area contributed by atoms with Crippen LogP contribution in [0.3, 0.4) is 0 Å². The molecule has 2 nitrogen and oxygen atoms in total. The van der Waals surface area contributed by atoms with E-state index in [1.807, 2.05) is 13.8 Å². The van der Waals surface area contributed by atoms with E-state index in [9.17, 15) is 18.0 Å². The second-order valence-corrected chi connectivity index (χ2v) is 3.40. The fourth-order valence-corrected chi connectivity index (χ4v) is 1.31. The van der Waals surface area contributed by atoms with Crippen LogP contribution in [0.15, 0.2) is 0 Å². The molecule has 0 spiro atoms. The van der Waals surface area contributed by atoms with Crippen LogP contribution in [0.1, 0.15) is 33.1 Å². The van der Waals surface area contributed by atoms with Crippen LogP contribution in [0.2, 0.25) is 0 Å². The van der Waals surface area contributed by atoms with Gasteiger partial charge in [0, 0.05) is 12.3 Å². The average molecular weight is 226 g/mol. The lowest BCUT2D eigenvalue weighted by Crippen LogP contribution is -2.20. The summed E-state index contributed by atoms with van der Waals surface area (Å²) < 4.78 is 39.3. The van der Waals surface area contributed by atoms with Crippen molar-refractivity contribution in [2.45, 2.75) is 39.3 Å². The Morgan fingerprint density at radius 1 is 1.27 bits per heavy atom. The zero-order valence-corrected chi connectivity index (χ0v) is 9.06. The molecule has 90 valence electrons. The SMILES string of the molecule is CCC(CC)C(=O)CCOCC(F)(F)F. The standard InChI is InChI=1S/C10H17F3O2/c1-3-8(4-2)9(14)5-6-15-7-10(11,12)13/h8H,3-7H2,1-2H3. The summed E-state index contributed by atoms with van der Waals surface area (Å²) in [5.74, 6) is -0.0540. The number of ether oxygens (including phenoxy) is 1. The van der Waals surface area contributed by atoms with Gasteiger partial charge in [-0.15, -0.1) is 0 Å². The Balaban J connectivity index is 3.63. The van der Waals surface area contributed by atoms with Gasteiger partial charge < -0.3 is 4.74 Å². The zero-order valence-electron chi connectivity index (χ0n) is 9.06. The summed E-state index contributed by atoms with van der Waals surface area (Å²) in [5, 5.41) is 0. The molecule has 0 N–H and O–H groups in total. The molecule has 0 rings (SSSR count). The topological polar surface area (TPSA) is 26.3 Å². The zero-order chi connectivity index (χ0) is 11.9. The van der Waals surface area contributed by atoms with Gasteiger partial charge in [-0.3, -0.25) is 4.79 Å². The monoisotopic (exact) mass is 226 g/mol. The molecule has 0 aliphatic carbocycles. The third-order valence-corrected chi connectivity index (χ3v) is 2.20. The summed E-state index contributed by atoms with van der Waals surface area (Å²) in [5.41, 5.74) is 0. The van der Waals surface area contributed by atoms with Crippen LogP contribution in [0.4, 0.5) is 13.2 Å². The predicted octanol–water partition coefficient (Wildman–Crippen LogP) is 2.96. The van der Waals surface area contributed by atoms with Crippen molar-refractivity contribution in [1.82, 2.24) is 0 Å². The Morgan fingerprint density at radius 2 is 1.80 bits per heavy atom. The molecule has 0 bridgehead atoms. The van der Waals surface area contributed by atoms with E-state index in [1.165, 1.54) is 0 Å². The number of hydrogen-bond donors (Lipinski definition) is 0. The fraction of sp³-hybridized carbons (Fsp3) is 0.900. The molecule has 0 saturated heterocycles. The molecule has 0 aliphatic heterocycles. The Labute approximate surface area is 87.8 Å². The largest absolute Gasteiger partial charge is 0.411 e. The average Bonchev–Trinajstić information content (AvgIpc) is 2.13. The van der Waals surface area contributed by atoms with E-state index in [-0.39, 0.29) is 24.7 Å². The molecule has 0 fully saturated rings. The second-order valence-electron chi connectivity index (χ2n) is 3.40. The smallest absolute Gasteiger partial charge is 0.372 e. The first-order valence-electron chi connectivity index (χ1n) is 5.07. The van der Waals surface area contributed by atoms with Gasteiger partial charge in [0.05, 0.1) is 6.61 Å². The number of carbonyl (C=O) groups excluding carboxylic acids is 1. The van der Waals surface area contributed by atoms with Crippen LogP contribution in [0.5, 0.6) is 0 Å². The quantitative estimate of drug-likeness (QED) is 0.624. The third-order valence-electron chi connectivity index (χ3n) is 2.20. The van der Waals surface area contributed by atoms with Crippen LogP contribution in [-0.2, 0) is 9.53 Å². The lowest BCUT2D eigenvalue weighted by Gasteiger charge is -2.11. The molecule has 5 heteroatoms. The molecule has 0 aromatic carbocycles. The van der Waals surface area contributed by atoms with Crippen molar-refractivity contribution < 1.29 is 22.7 Å².